The van der Waals surface area contributed by atoms with Gasteiger partial charge in [-0.05, 0) is 38.3 Å². The van der Waals surface area contributed by atoms with Crippen LogP contribution in [0.2, 0.25) is 0 Å². The maximum Gasteiger partial charge on any atom is 0.0746 e. The zero-order valence-electron chi connectivity index (χ0n) is 13.0. The van der Waals surface area contributed by atoms with E-state index in [0.29, 0.717) is 11.3 Å². The van der Waals surface area contributed by atoms with Gasteiger partial charge in [0.2, 0.25) is 0 Å². The van der Waals surface area contributed by atoms with Crippen molar-refractivity contribution in [2.24, 2.45) is 5.41 Å². The summed E-state index contributed by atoms with van der Waals surface area (Å²) in [4.78, 5) is 0. The molecule has 0 aliphatic heterocycles. The molecule has 0 saturated carbocycles. The van der Waals surface area contributed by atoms with Crippen LogP contribution in [-0.4, -0.2) is 18.1 Å². The minimum absolute atomic E-state index is 0.0794. The van der Waals surface area contributed by atoms with Crippen molar-refractivity contribution in [1.29, 1.82) is 0 Å². The van der Waals surface area contributed by atoms with Crippen LogP contribution in [-0.2, 0) is 4.74 Å². The number of hydrogen-bond donors (Lipinski definition) is 0. The molecule has 0 aromatic heterocycles. The highest BCUT2D eigenvalue weighted by atomic mass is 31.1. The number of ether oxygens (including phenoxy) is 1. The fourth-order valence-corrected chi connectivity index (χ4v) is 3.05. The van der Waals surface area contributed by atoms with Gasteiger partial charge < -0.3 is 4.74 Å². The van der Waals surface area contributed by atoms with Crippen LogP contribution >= 0.6 is 8.58 Å². The molecule has 2 atom stereocenters. The molecule has 0 aliphatic carbocycles. The van der Waals surface area contributed by atoms with Gasteiger partial charge >= 0.3 is 0 Å². The topological polar surface area (TPSA) is 9.23 Å². The predicted molar refractivity (Wildman–Crippen MR) is 81.4 cm³/mol. The van der Waals surface area contributed by atoms with Crippen molar-refractivity contribution < 1.29 is 4.74 Å². The molecule has 0 heterocycles. The molecule has 104 valence electrons. The Bertz CT molecular complexity index is 175. The molecule has 0 aromatic carbocycles. The Morgan fingerprint density at radius 2 is 1.41 bits per heavy atom. The molecule has 2 unspecified atom stereocenters. The van der Waals surface area contributed by atoms with Gasteiger partial charge in [-0.15, -0.1) is 0 Å². The second kappa shape index (κ2) is 7.74. The van der Waals surface area contributed by atoms with Crippen LogP contribution in [0.4, 0.5) is 0 Å². The molecule has 1 nitrogen and oxygen atoms in total. The van der Waals surface area contributed by atoms with Gasteiger partial charge in [-0.1, -0.05) is 56.0 Å². The zero-order valence-corrected chi connectivity index (χ0v) is 14.0. The van der Waals surface area contributed by atoms with Crippen molar-refractivity contribution in [1.82, 2.24) is 0 Å². The van der Waals surface area contributed by atoms with Crippen LogP contribution in [0.1, 0.15) is 73.6 Å². The van der Waals surface area contributed by atoms with Gasteiger partial charge in [0.25, 0.3) is 0 Å². The van der Waals surface area contributed by atoms with E-state index in [1.807, 2.05) is 0 Å². The molecule has 0 N–H and O–H groups in total. The monoisotopic (exact) mass is 260 g/mol. The molecule has 0 aliphatic rings. The second-order valence-corrected chi connectivity index (χ2v) is 7.00. The largest absolute Gasteiger partial charge is 0.368 e. The third kappa shape index (κ3) is 5.71. The molecule has 2 heteroatoms. The molecule has 0 amide bonds. The highest BCUT2D eigenvalue weighted by molar-refractivity contribution is 7.37. The Morgan fingerprint density at radius 1 is 0.941 bits per heavy atom. The first kappa shape index (κ1) is 17.4. The van der Waals surface area contributed by atoms with E-state index in [4.69, 9.17) is 4.74 Å². The average molecular weight is 260 g/mol. The smallest absolute Gasteiger partial charge is 0.0746 e. The van der Waals surface area contributed by atoms with E-state index in [1.54, 1.807) is 0 Å². The van der Waals surface area contributed by atoms with Crippen molar-refractivity contribution >= 4 is 8.58 Å². The molecule has 0 saturated heterocycles. The molecule has 0 radical (unpaired) electrons. The van der Waals surface area contributed by atoms with Crippen molar-refractivity contribution in [2.75, 3.05) is 6.66 Å². The van der Waals surface area contributed by atoms with Gasteiger partial charge in [0.05, 0.1) is 11.4 Å². The predicted octanol–water partition coefficient (Wildman–Crippen LogP) is 5.43. The standard InChI is InChI=1S/C15H33OP/c1-8-14(5,9-2)12-13(17-7)16-15(6,10-3)11-4/h13,17H,8-12H2,1-7H3. The highest BCUT2D eigenvalue weighted by Crippen LogP contribution is 2.39. The second-order valence-electron chi connectivity index (χ2n) is 5.77. The van der Waals surface area contributed by atoms with E-state index in [1.165, 1.54) is 19.3 Å². The van der Waals surface area contributed by atoms with E-state index >= 15 is 0 Å². The molecule has 0 fully saturated rings. The Hall–Kier alpha value is 0.390. The lowest BCUT2D eigenvalue weighted by atomic mass is 9.81. The summed E-state index contributed by atoms with van der Waals surface area (Å²) in [6, 6.07) is 0. The van der Waals surface area contributed by atoms with Crippen LogP contribution in [0.15, 0.2) is 0 Å². The molecular weight excluding hydrogens is 227 g/mol. The molecular formula is C15H33OP. The fourth-order valence-electron chi connectivity index (χ4n) is 1.95. The van der Waals surface area contributed by atoms with Gasteiger partial charge in [0.15, 0.2) is 0 Å². The van der Waals surface area contributed by atoms with E-state index in [2.05, 4.69) is 48.2 Å². The Balaban J connectivity index is 4.53. The summed E-state index contributed by atoms with van der Waals surface area (Å²) in [7, 11) is 0.886. The van der Waals surface area contributed by atoms with Crippen molar-refractivity contribution in [2.45, 2.75) is 85.1 Å². The summed E-state index contributed by atoms with van der Waals surface area (Å²) in [6.45, 7) is 16.0. The molecule has 0 aromatic rings. The lowest BCUT2D eigenvalue weighted by Crippen LogP contribution is -2.33. The zero-order chi connectivity index (χ0) is 13.5. The Labute approximate surface area is 111 Å². The van der Waals surface area contributed by atoms with E-state index in [-0.39, 0.29) is 5.60 Å². The van der Waals surface area contributed by atoms with Crippen molar-refractivity contribution in [3.8, 4) is 0 Å². The maximum absolute atomic E-state index is 6.40. The lowest BCUT2D eigenvalue weighted by Gasteiger charge is -2.37. The summed E-state index contributed by atoms with van der Waals surface area (Å²) in [5.74, 6) is 0.449. The fraction of sp³-hybridized carbons (Fsp3) is 1.00. The van der Waals surface area contributed by atoms with E-state index in [0.717, 1.165) is 21.4 Å². The summed E-state index contributed by atoms with van der Waals surface area (Å²) in [5, 5.41) is 0. The van der Waals surface area contributed by atoms with Gasteiger partial charge in [0, 0.05) is 0 Å². The normalized spacial score (nSPS) is 15.7. The van der Waals surface area contributed by atoms with Crippen LogP contribution < -0.4 is 0 Å². The van der Waals surface area contributed by atoms with E-state index < -0.39 is 0 Å². The van der Waals surface area contributed by atoms with Gasteiger partial charge in [-0.3, -0.25) is 0 Å². The third-order valence-electron chi connectivity index (χ3n) is 4.63. The van der Waals surface area contributed by atoms with E-state index in [9.17, 15) is 0 Å². The third-order valence-corrected chi connectivity index (χ3v) is 5.60. The first-order valence-electron chi connectivity index (χ1n) is 7.23. The van der Waals surface area contributed by atoms with Gasteiger partial charge in [-0.2, -0.15) is 0 Å². The Morgan fingerprint density at radius 3 is 1.71 bits per heavy atom. The number of hydrogen-bond acceptors (Lipinski definition) is 1. The lowest BCUT2D eigenvalue weighted by molar-refractivity contribution is -0.0664. The molecule has 0 spiro atoms. The molecule has 17 heavy (non-hydrogen) atoms. The van der Waals surface area contributed by atoms with Crippen molar-refractivity contribution in [3.63, 3.8) is 0 Å². The quantitative estimate of drug-likeness (QED) is 0.502. The average Bonchev–Trinajstić information content (AvgIpc) is 2.37. The van der Waals surface area contributed by atoms with Crippen LogP contribution in [0, 0.1) is 5.41 Å². The minimum Gasteiger partial charge on any atom is -0.368 e. The first-order chi connectivity index (χ1) is 7.88. The molecule has 0 rings (SSSR count). The van der Waals surface area contributed by atoms with Crippen molar-refractivity contribution in [3.05, 3.63) is 0 Å². The highest BCUT2D eigenvalue weighted by Gasteiger charge is 2.29. The summed E-state index contributed by atoms with van der Waals surface area (Å²) >= 11 is 0. The summed E-state index contributed by atoms with van der Waals surface area (Å²) < 4.78 is 6.40. The van der Waals surface area contributed by atoms with Crippen LogP contribution in [0.5, 0.6) is 0 Å². The number of rotatable bonds is 9. The molecule has 0 bridgehead atoms. The summed E-state index contributed by atoms with van der Waals surface area (Å²) in [5.41, 5.74) is 0.534. The van der Waals surface area contributed by atoms with Gasteiger partial charge in [0.1, 0.15) is 0 Å². The first-order valence-corrected chi connectivity index (χ1v) is 8.81. The van der Waals surface area contributed by atoms with Gasteiger partial charge in [-0.25, -0.2) is 0 Å². The van der Waals surface area contributed by atoms with Crippen LogP contribution in [0.3, 0.4) is 0 Å². The maximum atomic E-state index is 6.40. The summed E-state index contributed by atoms with van der Waals surface area (Å²) in [6.07, 6.45) is 5.94. The SMILES string of the molecule is CCC(C)(CC)CC(OC(C)(CC)CC)PC. The minimum atomic E-state index is 0.0794. The Kier molecular flexibility index (Phi) is 7.92. The van der Waals surface area contributed by atoms with Crippen LogP contribution in [0.25, 0.3) is 0 Å².